The van der Waals surface area contributed by atoms with Gasteiger partial charge in [0.2, 0.25) is 6.79 Å². The van der Waals surface area contributed by atoms with E-state index in [0.29, 0.717) is 28.3 Å². The van der Waals surface area contributed by atoms with Gasteiger partial charge in [-0.1, -0.05) is 60.7 Å². The minimum atomic E-state index is -0.865. The minimum Gasteiger partial charge on any atom is -0.507 e. The molecule has 37 heavy (non-hydrogen) atoms. The van der Waals surface area contributed by atoms with Crippen molar-refractivity contribution in [2.45, 2.75) is 6.04 Å². The zero-order valence-electron chi connectivity index (χ0n) is 19.5. The van der Waals surface area contributed by atoms with Gasteiger partial charge in [0.05, 0.1) is 11.6 Å². The summed E-state index contributed by atoms with van der Waals surface area (Å²) < 4.78 is 11.0. The third-order valence-corrected chi connectivity index (χ3v) is 7.04. The van der Waals surface area contributed by atoms with Crippen molar-refractivity contribution in [3.8, 4) is 11.5 Å². The highest BCUT2D eigenvalue weighted by Gasteiger charge is 2.48. The van der Waals surface area contributed by atoms with Gasteiger partial charge >= 0.3 is 0 Å². The van der Waals surface area contributed by atoms with Crippen LogP contribution in [0.3, 0.4) is 0 Å². The Morgan fingerprint density at radius 3 is 2.51 bits per heavy atom. The molecule has 2 N–H and O–H groups in total. The van der Waals surface area contributed by atoms with Crippen LogP contribution in [0.1, 0.15) is 17.2 Å². The first kappa shape index (κ1) is 21.3. The van der Waals surface area contributed by atoms with Gasteiger partial charge in [-0.05, 0) is 29.0 Å². The van der Waals surface area contributed by atoms with E-state index in [1.54, 1.807) is 30.5 Å². The molecule has 1 amide bonds. The first-order valence-electron chi connectivity index (χ1n) is 11.9. The number of ketones is 1. The van der Waals surface area contributed by atoms with Gasteiger partial charge < -0.3 is 19.6 Å². The van der Waals surface area contributed by atoms with Crippen molar-refractivity contribution in [1.82, 2.24) is 4.98 Å². The molecule has 180 valence electrons. The molecular formula is C30H20N2O5. The molecule has 4 aromatic carbocycles. The highest BCUT2D eigenvalue weighted by Crippen LogP contribution is 2.46. The lowest BCUT2D eigenvalue weighted by Crippen LogP contribution is -2.29. The van der Waals surface area contributed by atoms with Crippen molar-refractivity contribution in [2.24, 2.45) is 0 Å². The van der Waals surface area contributed by atoms with E-state index in [0.717, 1.165) is 21.7 Å². The van der Waals surface area contributed by atoms with E-state index in [1.165, 1.54) is 4.90 Å². The van der Waals surface area contributed by atoms with Crippen LogP contribution in [0, 0.1) is 0 Å². The fourth-order valence-electron chi connectivity index (χ4n) is 5.33. The van der Waals surface area contributed by atoms with Crippen LogP contribution in [0.25, 0.3) is 27.4 Å². The maximum Gasteiger partial charge on any atom is 0.300 e. The molecule has 0 aliphatic carbocycles. The number of nitrogens with zero attached hydrogens (tertiary/aromatic N) is 1. The number of nitrogens with one attached hydrogen (secondary N) is 1. The van der Waals surface area contributed by atoms with Crippen molar-refractivity contribution in [3.63, 3.8) is 0 Å². The van der Waals surface area contributed by atoms with E-state index in [4.69, 9.17) is 9.47 Å². The van der Waals surface area contributed by atoms with E-state index >= 15 is 0 Å². The summed E-state index contributed by atoms with van der Waals surface area (Å²) in [5, 5.41) is 14.2. The quantitative estimate of drug-likeness (QED) is 0.194. The molecule has 7 heteroatoms. The maximum atomic E-state index is 13.6. The number of carbonyl (C=O) groups excluding carboxylic acids is 2. The summed E-state index contributed by atoms with van der Waals surface area (Å²) in [7, 11) is 0. The molecule has 5 aromatic rings. The summed E-state index contributed by atoms with van der Waals surface area (Å²) in [6, 6.07) is 25.1. The number of para-hydroxylation sites is 1. The smallest absolute Gasteiger partial charge is 0.300 e. The summed E-state index contributed by atoms with van der Waals surface area (Å²) >= 11 is 0. The van der Waals surface area contributed by atoms with Crippen LogP contribution >= 0.6 is 0 Å². The van der Waals surface area contributed by atoms with Crippen LogP contribution in [0.15, 0.2) is 96.7 Å². The van der Waals surface area contributed by atoms with E-state index in [-0.39, 0.29) is 18.1 Å². The Labute approximate surface area is 211 Å². The number of fused-ring (bicyclic) bond motifs is 3. The second kappa shape index (κ2) is 7.99. The third kappa shape index (κ3) is 3.14. The molecule has 7 rings (SSSR count). The molecule has 2 aliphatic rings. The number of carbonyl (C=O) groups is 2. The van der Waals surface area contributed by atoms with Crippen molar-refractivity contribution in [2.75, 3.05) is 11.7 Å². The molecule has 1 aromatic heterocycles. The molecule has 1 saturated heterocycles. The number of ether oxygens (including phenoxy) is 2. The number of aliphatic hydroxyl groups excluding tert-OH is 1. The van der Waals surface area contributed by atoms with Crippen LogP contribution in [0.5, 0.6) is 11.5 Å². The summed E-state index contributed by atoms with van der Waals surface area (Å²) in [6.45, 7) is 0.0879. The topological polar surface area (TPSA) is 91.9 Å². The molecule has 3 heterocycles. The summed E-state index contributed by atoms with van der Waals surface area (Å²) in [5.41, 5.74) is 2.56. The van der Waals surface area contributed by atoms with Crippen LogP contribution in [0.4, 0.5) is 5.69 Å². The molecule has 0 spiro atoms. The Morgan fingerprint density at radius 2 is 1.62 bits per heavy atom. The maximum absolute atomic E-state index is 13.6. The van der Waals surface area contributed by atoms with Crippen LogP contribution in [-0.4, -0.2) is 28.6 Å². The lowest BCUT2D eigenvalue weighted by Gasteiger charge is -2.25. The predicted octanol–water partition coefficient (Wildman–Crippen LogP) is 5.68. The van der Waals surface area contributed by atoms with Gasteiger partial charge in [-0.25, -0.2) is 0 Å². The third-order valence-electron chi connectivity index (χ3n) is 7.04. The SMILES string of the molecule is O=C1C(=O)N(c2ccc3c(c2)OCO3)C(c2c[nH]c3ccccc23)/C1=C(\O)c1cccc2ccccc12. The Hall–Kier alpha value is -5.04. The standard InChI is InChI=1S/C30H20N2O5/c33-28(21-10-5-7-17-6-1-2-8-19(17)21)26-27(22-15-31-23-11-4-3-9-20(22)23)32(30(35)29(26)34)18-12-13-24-25(14-18)37-16-36-24/h1-15,27,31,33H,16H2/b28-26+. The van der Waals surface area contributed by atoms with E-state index in [1.807, 2.05) is 60.7 Å². The van der Waals surface area contributed by atoms with E-state index in [9.17, 15) is 14.7 Å². The minimum absolute atomic E-state index is 0.0313. The van der Waals surface area contributed by atoms with Gasteiger partial charge in [-0.15, -0.1) is 0 Å². The molecule has 1 atom stereocenters. The zero-order chi connectivity index (χ0) is 25.1. The van der Waals surface area contributed by atoms with Crippen molar-refractivity contribution >= 4 is 44.8 Å². The Morgan fingerprint density at radius 1 is 0.865 bits per heavy atom. The van der Waals surface area contributed by atoms with Crippen molar-refractivity contribution in [1.29, 1.82) is 0 Å². The summed E-state index contributed by atoms with van der Waals surface area (Å²) in [4.78, 5) is 31.9. The van der Waals surface area contributed by atoms with Crippen LogP contribution in [0.2, 0.25) is 0 Å². The fourth-order valence-corrected chi connectivity index (χ4v) is 5.33. The lowest BCUT2D eigenvalue weighted by atomic mass is 9.93. The number of amides is 1. The molecule has 7 nitrogen and oxygen atoms in total. The first-order valence-corrected chi connectivity index (χ1v) is 11.9. The molecule has 0 radical (unpaired) electrons. The second-order valence-corrected chi connectivity index (χ2v) is 9.02. The van der Waals surface area contributed by atoms with Gasteiger partial charge in [-0.2, -0.15) is 0 Å². The fraction of sp³-hybridized carbons (Fsp3) is 0.0667. The average Bonchev–Trinajstić information content (AvgIpc) is 3.64. The molecule has 1 unspecified atom stereocenters. The number of hydrogen-bond acceptors (Lipinski definition) is 5. The van der Waals surface area contributed by atoms with E-state index < -0.39 is 17.7 Å². The Bertz CT molecular complexity index is 1780. The highest BCUT2D eigenvalue weighted by atomic mass is 16.7. The number of aromatic amines is 1. The number of hydrogen-bond donors (Lipinski definition) is 2. The number of aromatic nitrogens is 1. The van der Waals surface area contributed by atoms with Crippen LogP contribution in [-0.2, 0) is 9.59 Å². The van der Waals surface area contributed by atoms with Gasteiger partial charge in [0.1, 0.15) is 5.76 Å². The molecule has 2 aliphatic heterocycles. The van der Waals surface area contributed by atoms with E-state index in [2.05, 4.69) is 4.98 Å². The summed E-state index contributed by atoms with van der Waals surface area (Å²) in [5.74, 6) is -0.631. The molecule has 1 fully saturated rings. The van der Waals surface area contributed by atoms with Gasteiger partial charge in [0, 0.05) is 40.0 Å². The molecule has 0 saturated carbocycles. The number of anilines is 1. The Kier molecular flexibility index (Phi) is 4.59. The van der Waals surface area contributed by atoms with Gasteiger partial charge in [0.25, 0.3) is 11.7 Å². The number of rotatable bonds is 3. The predicted molar refractivity (Wildman–Crippen MR) is 140 cm³/mol. The monoisotopic (exact) mass is 488 g/mol. The van der Waals surface area contributed by atoms with Crippen molar-refractivity contribution in [3.05, 3.63) is 108 Å². The Balaban J connectivity index is 1.50. The number of benzene rings is 4. The molecular weight excluding hydrogens is 468 g/mol. The number of Topliss-reactive ketones (excluding diaryl/α,β-unsaturated/α-hetero) is 1. The largest absolute Gasteiger partial charge is 0.507 e. The van der Waals surface area contributed by atoms with Gasteiger partial charge in [0.15, 0.2) is 11.5 Å². The van der Waals surface area contributed by atoms with Gasteiger partial charge in [-0.3, -0.25) is 14.5 Å². The summed E-state index contributed by atoms with van der Waals surface area (Å²) in [6.07, 6.45) is 1.79. The number of H-pyrrole nitrogens is 1. The first-order chi connectivity index (χ1) is 18.1. The molecule has 0 bridgehead atoms. The highest BCUT2D eigenvalue weighted by molar-refractivity contribution is 6.52. The average molecular weight is 488 g/mol. The van der Waals surface area contributed by atoms with Crippen LogP contribution < -0.4 is 14.4 Å². The van der Waals surface area contributed by atoms with Crippen molar-refractivity contribution < 1.29 is 24.2 Å². The second-order valence-electron chi connectivity index (χ2n) is 9.02. The lowest BCUT2D eigenvalue weighted by molar-refractivity contribution is -0.132. The normalized spacial score (nSPS) is 18.3. The zero-order valence-corrected chi connectivity index (χ0v) is 19.5. The number of aliphatic hydroxyl groups is 1.